The molecule has 0 aromatic carbocycles. The minimum Gasteiger partial charge on any atom is -0.480 e. The SMILES string of the molecule is CC(C(=O)O)N(C)c1nnccc1C#N. The van der Waals surface area contributed by atoms with Crippen LogP contribution in [0.15, 0.2) is 12.3 Å². The van der Waals surface area contributed by atoms with E-state index in [9.17, 15) is 4.79 Å². The van der Waals surface area contributed by atoms with Gasteiger partial charge in [0, 0.05) is 7.05 Å². The zero-order valence-corrected chi connectivity index (χ0v) is 8.38. The number of aliphatic carboxylic acids is 1. The number of hydrogen-bond acceptors (Lipinski definition) is 5. The Hall–Kier alpha value is -2.16. The van der Waals surface area contributed by atoms with Crippen LogP contribution in [-0.4, -0.2) is 34.4 Å². The van der Waals surface area contributed by atoms with E-state index in [-0.39, 0.29) is 5.82 Å². The van der Waals surface area contributed by atoms with Crippen LogP contribution in [0.1, 0.15) is 12.5 Å². The second-order valence-electron chi connectivity index (χ2n) is 3.01. The smallest absolute Gasteiger partial charge is 0.326 e. The van der Waals surface area contributed by atoms with E-state index < -0.39 is 12.0 Å². The fourth-order valence-electron chi connectivity index (χ4n) is 1.02. The molecule has 6 heteroatoms. The molecule has 1 N–H and O–H groups in total. The summed E-state index contributed by atoms with van der Waals surface area (Å²) < 4.78 is 0. The molecule has 1 aromatic rings. The van der Waals surface area contributed by atoms with Gasteiger partial charge in [0.1, 0.15) is 12.1 Å². The van der Waals surface area contributed by atoms with Crippen LogP contribution >= 0.6 is 0 Å². The maximum Gasteiger partial charge on any atom is 0.326 e. The van der Waals surface area contributed by atoms with Crippen molar-refractivity contribution in [3.63, 3.8) is 0 Å². The molecule has 0 bridgehead atoms. The largest absolute Gasteiger partial charge is 0.480 e. The number of carboxylic acid groups (broad SMARTS) is 1. The molecule has 0 radical (unpaired) electrons. The summed E-state index contributed by atoms with van der Waals surface area (Å²) in [6, 6.07) is 2.67. The highest BCUT2D eigenvalue weighted by molar-refractivity contribution is 5.77. The summed E-state index contributed by atoms with van der Waals surface area (Å²) in [4.78, 5) is 12.1. The van der Waals surface area contributed by atoms with Gasteiger partial charge in [0.2, 0.25) is 0 Å². The van der Waals surface area contributed by atoms with Crippen LogP contribution in [0.4, 0.5) is 5.82 Å². The van der Waals surface area contributed by atoms with Crippen LogP contribution in [0.5, 0.6) is 0 Å². The summed E-state index contributed by atoms with van der Waals surface area (Å²) in [6.45, 7) is 1.51. The molecule has 0 spiro atoms. The molecule has 15 heavy (non-hydrogen) atoms. The zero-order chi connectivity index (χ0) is 11.4. The van der Waals surface area contributed by atoms with Gasteiger partial charge in [-0.15, -0.1) is 5.10 Å². The van der Waals surface area contributed by atoms with Crippen molar-refractivity contribution in [1.29, 1.82) is 5.26 Å². The predicted octanol–water partition coefficient (Wildman–Crippen LogP) is 0.258. The lowest BCUT2D eigenvalue weighted by molar-refractivity contribution is -0.138. The van der Waals surface area contributed by atoms with Gasteiger partial charge in [-0.05, 0) is 13.0 Å². The van der Waals surface area contributed by atoms with Crippen molar-refractivity contribution >= 4 is 11.8 Å². The molecular weight excluding hydrogens is 196 g/mol. The van der Waals surface area contributed by atoms with Crippen LogP contribution in [0.2, 0.25) is 0 Å². The summed E-state index contributed by atoms with van der Waals surface area (Å²) in [5.41, 5.74) is 0.306. The molecule has 1 unspecified atom stereocenters. The fraction of sp³-hybridized carbons (Fsp3) is 0.333. The minimum absolute atomic E-state index is 0.273. The first-order chi connectivity index (χ1) is 7.07. The Morgan fingerprint density at radius 2 is 2.40 bits per heavy atom. The number of carboxylic acids is 1. The molecule has 78 valence electrons. The molecule has 1 atom stereocenters. The molecule has 1 aromatic heterocycles. The van der Waals surface area contributed by atoms with E-state index in [4.69, 9.17) is 10.4 Å². The lowest BCUT2D eigenvalue weighted by atomic mass is 10.2. The first kappa shape index (κ1) is 10.9. The standard InChI is InChI=1S/C9H10N4O2/c1-6(9(14)15)13(2)8-7(5-10)3-4-11-12-8/h3-4,6H,1-2H3,(H,14,15). The van der Waals surface area contributed by atoms with E-state index in [1.54, 1.807) is 7.05 Å². The Balaban J connectivity index is 3.06. The van der Waals surface area contributed by atoms with Gasteiger partial charge in [-0.1, -0.05) is 0 Å². The number of carbonyl (C=O) groups is 1. The van der Waals surface area contributed by atoms with E-state index in [0.717, 1.165) is 0 Å². The Bertz CT molecular complexity index is 413. The second kappa shape index (κ2) is 4.37. The summed E-state index contributed by atoms with van der Waals surface area (Å²) in [7, 11) is 1.56. The van der Waals surface area contributed by atoms with E-state index in [0.29, 0.717) is 5.56 Å². The Morgan fingerprint density at radius 3 is 2.93 bits per heavy atom. The summed E-state index contributed by atoms with van der Waals surface area (Å²) >= 11 is 0. The van der Waals surface area contributed by atoms with Gasteiger partial charge in [0.05, 0.1) is 11.8 Å². The van der Waals surface area contributed by atoms with Crippen molar-refractivity contribution in [2.24, 2.45) is 0 Å². The summed E-state index contributed by atoms with van der Waals surface area (Å²) in [5.74, 6) is -0.707. The third kappa shape index (κ3) is 2.20. The Morgan fingerprint density at radius 1 is 1.73 bits per heavy atom. The maximum absolute atomic E-state index is 10.7. The van der Waals surface area contributed by atoms with E-state index >= 15 is 0 Å². The van der Waals surface area contributed by atoms with Crippen molar-refractivity contribution in [1.82, 2.24) is 10.2 Å². The molecule has 0 fully saturated rings. The number of aromatic nitrogens is 2. The average molecular weight is 206 g/mol. The third-order valence-corrected chi connectivity index (χ3v) is 2.09. The van der Waals surface area contributed by atoms with Crippen LogP contribution in [0.25, 0.3) is 0 Å². The van der Waals surface area contributed by atoms with Crippen molar-refractivity contribution in [3.05, 3.63) is 17.8 Å². The van der Waals surface area contributed by atoms with Crippen LogP contribution in [0.3, 0.4) is 0 Å². The van der Waals surface area contributed by atoms with Gasteiger partial charge in [0.15, 0.2) is 5.82 Å². The van der Waals surface area contributed by atoms with Crippen molar-refractivity contribution in [2.45, 2.75) is 13.0 Å². The Labute approximate surface area is 86.8 Å². The maximum atomic E-state index is 10.7. The summed E-state index contributed by atoms with van der Waals surface area (Å²) in [5, 5.41) is 25.0. The van der Waals surface area contributed by atoms with Crippen LogP contribution < -0.4 is 4.90 Å². The van der Waals surface area contributed by atoms with E-state index in [1.807, 2.05) is 6.07 Å². The monoisotopic (exact) mass is 206 g/mol. The molecule has 0 saturated heterocycles. The zero-order valence-electron chi connectivity index (χ0n) is 8.38. The molecule has 1 heterocycles. The number of hydrogen-bond donors (Lipinski definition) is 1. The van der Waals surface area contributed by atoms with E-state index in [2.05, 4.69) is 10.2 Å². The molecule has 0 saturated carbocycles. The quantitative estimate of drug-likeness (QED) is 0.762. The average Bonchev–Trinajstić information content (AvgIpc) is 2.26. The molecule has 6 nitrogen and oxygen atoms in total. The lowest BCUT2D eigenvalue weighted by Gasteiger charge is -2.22. The highest BCUT2D eigenvalue weighted by atomic mass is 16.4. The number of nitrogens with zero attached hydrogens (tertiary/aromatic N) is 4. The van der Waals surface area contributed by atoms with Crippen molar-refractivity contribution in [3.8, 4) is 6.07 Å². The Kier molecular flexibility index (Phi) is 3.18. The van der Waals surface area contributed by atoms with Gasteiger partial charge in [-0.25, -0.2) is 4.79 Å². The highest BCUT2D eigenvalue weighted by Crippen LogP contribution is 2.15. The van der Waals surface area contributed by atoms with Gasteiger partial charge < -0.3 is 10.0 Å². The molecule has 0 aliphatic carbocycles. The molecular formula is C9H10N4O2. The van der Waals surface area contributed by atoms with Crippen LogP contribution in [0, 0.1) is 11.3 Å². The van der Waals surface area contributed by atoms with Gasteiger partial charge in [0.25, 0.3) is 0 Å². The van der Waals surface area contributed by atoms with E-state index in [1.165, 1.54) is 24.1 Å². The lowest BCUT2D eigenvalue weighted by Crippen LogP contribution is -2.36. The highest BCUT2D eigenvalue weighted by Gasteiger charge is 2.20. The topological polar surface area (TPSA) is 90.1 Å². The first-order valence-electron chi connectivity index (χ1n) is 4.25. The molecule has 0 aliphatic heterocycles. The molecule has 0 aliphatic rings. The normalized spacial score (nSPS) is 11.5. The van der Waals surface area contributed by atoms with Crippen molar-refractivity contribution < 1.29 is 9.90 Å². The molecule has 1 rings (SSSR count). The number of anilines is 1. The van der Waals surface area contributed by atoms with Gasteiger partial charge in [-0.3, -0.25) is 0 Å². The number of nitriles is 1. The first-order valence-corrected chi connectivity index (χ1v) is 4.25. The second-order valence-corrected chi connectivity index (χ2v) is 3.01. The number of likely N-dealkylation sites (N-methyl/N-ethyl adjacent to an activating group) is 1. The fourth-order valence-corrected chi connectivity index (χ4v) is 1.02. The predicted molar refractivity (Wildman–Crippen MR) is 52.2 cm³/mol. The minimum atomic E-state index is -0.980. The molecule has 0 amide bonds. The summed E-state index contributed by atoms with van der Waals surface area (Å²) in [6.07, 6.45) is 1.39. The third-order valence-electron chi connectivity index (χ3n) is 2.09. The van der Waals surface area contributed by atoms with Crippen LogP contribution in [-0.2, 0) is 4.79 Å². The van der Waals surface area contributed by atoms with Gasteiger partial charge in [-0.2, -0.15) is 10.4 Å². The number of rotatable bonds is 3. The van der Waals surface area contributed by atoms with Gasteiger partial charge >= 0.3 is 5.97 Å². The van der Waals surface area contributed by atoms with Crippen molar-refractivity contribution in [2.75, 3.05) is 11.9 Å².